The Labute approximate surface area is 73.1 Å². The van der Waals surface area contributed by atoms with Gasteiger partial charge in [-0.1, -0.05) is 6.92 Å². The molecule has 0 aliphatic heterocycles. The molecule has 0 saturated carbocycles. The van der Waals surface area contributed by atoms with E-state index in [9.17, 15) is 4.79 Å². The molecule has 3 unspecified atom stereocenters. The van der Waals surface area contributed by atoms with E-state index in [1.165, 1.54) is 0 Å². The van der Waals surface area contributed by atoms with Crippen molar-refractivity contribution in [2.75, 3.05) is 6.61 Å². The average Bonchev–Trinajstić information content (AvgIpc) is 2.02. The van der Waals surface area contributed by atoms with Gasteiger partial charge in [0, 0.05) is 12.6 Å². The van der Waals surface area contributed by atoms with Gasteiger partial charge < -0.3 is 16.2 Å². The zero-order chi connectivity index (χ0) is 9.72. The fourth-order valence-corrected chi connectivity index (χ4v) is 0.656. The minimum Gasteiger partial charge on any atom is -0.396 e. The third kappa shape index (κ3) is 3.69. The van der Waals surface area contributed by atoms with Crippen molar-refractivity contribution in [3.05, 3.63) is 0 Å². The fraction of sp³-hybridized carbons (Fsp3) is 0.875. The van der Waals surface area contributed by atoms with E-state index < -0.39 is 6.04 Å². The number of hydrogen-bond acceptors (Lipinski definition) is 3. The molecular weight excluding hydrogens is 156 g/mol. The average molecular weight is 174 g/mol. The first-order valence-corrected chi connectivity index (χ1v) is 4.15. The molecule has 0 saturated heterocycles. The lowest BCUT2D eigenvalue weighted by atomic mass is 10.1. The van der Waals surface area contributed by atoms with Crippen molar-refractivity contribution in [3.8, 4) is 0 Å². The van der Waals surface area contributed by atoms with Crippen LogP contribution in [0.2, 0.25) is 0 Å². The molecule has 0 spiro atoms. The number of hydrogen-bond donors (Lipinski definition) is 3. The molecule has 0 bridgehead atoms. The third-order valence-corrected chi connectivity index (χ3v) is 1.93. The Kier molecular flexibility index (Phi) is 4.85. The van der Waals surface area contributed by atoms with Crippen LogP contribution < -0.4 is 11.1 Å². The second kappa shape index (κ2) is 5.11. The van der Waals surface area contributed by atoms with Crippen molar-refractivity contribution in [1.29, 1.82) is 0 Å². The number of nitrogens with one attached hydrogen (secondary N) is 1. The molecule has 12 heavy (non-hydrogen) atoms. The lowest BCUT2D eigenvalue weighted by Gasteiger charge is -2.20. The quantitative estimate of drug-likeness (QED) is 0.536. The second-order valence-electron chi connectivity index (χ2n) is 3.25. The minimum absolute atomic E-state index is 0.0338. The van der Waals surface area contributed by atoms with Crippen LogP contribution in [0.4, 0.5) is 0 Å². The van der Waals surface area contributed by atoms with Crippen molar-refractivity contribution >= 4 is 5.91 Å². The van der Waals surface area contributed by atoms with Gasteiger partial charge in [0.05, 0.1) is 6.04 Å². The largest absolute Gasteiger partial charge is 0.396 e. The van der Waals surface area contributed by atoms with E-state index in [2.05, 4.69) is 5.32 Å². The highest BCUT2D eigenvalue weighted by atomic mass is 16.3. The van der Waals surface area contributed by atoms with Gasteiger partial charge >= 0.3 is 0 Å². The van der Waals surface area contributed by atoms with E-state index in [1.807, 2.05) is 13.8 Å². The standard InChI is InChI=1S/C8H18N2O2/c1-5(4-11)7(3)10-8(12)6(2)9/h5-7,11H,4,9H2,1-3H3,(H,10,12). The molecular formula is C8H18N2O2. The molecule has 0 radical (unpaired) electrons. The molecule has 4 heteroatoms. The Morgan fingerprint density at radius 1 is 1.50 bits per heavy atom. The van der Waals surface area contributed by atoms with Gasteiger partial charge in [-0.05, 0) is 19.8 Å². The third-order valence-electron chi connectivity index (χ3n) is 1.93. The summed E-state index contributed by atoms with van der Waals surface area (Å²) in [6.45, 7) is 5.42. The van der Waals surface area contributed by atoms with Gasteiger partial charge in [0.25, 0.3) is 0 Å². The number of nitrogens with two attached hydrogens (primary N) is 1. The predicted molar refractivity (Wildman–Crippen MR) is 47.5 cm³/mol. The van der Waals surface area contributed by atoms with Gasteiger partial charge in [-0.15, -0.1) is 0 Å². The summed E-state index contributed by atoms with van der Waals surface area (Å²) in [7, 11) is 0. The Hall–Kier alpha value is -0.610. The zero-order valence-corrected chi connectivity index (χ0v) is 7.87. The summed E-state index contributed by atoms with van der Waals surface area (Å²) in [6, 6.07) is -0.521. The molecule has 0 aromatic carbocycles. The highest BCUT2D eigenvalue weighted by molar-refractivity contribution is 5.81. The molecule has 4 N–H and O–H groups in total. The van der Waals surface area contributed by atoms with E-state index in [-0.39, 0.29) is 24.5 Å². The number of aliphatic hydroxyl groups excluding tert-OH is 1. The highest BCUT2D eigenvalue weighted by Gasteiger charge is 2.15. The molecule has 0 aliphatic rings. The van der Waals surface area contributed by atoms with E-state index in [0.717, 1.165) is 0 Å². The normalized spacial score (nSPS) is 18.1. The fourth-order valence-electron chi connectivity index (χ4n) is 0.656. The highest BCUT2D eigenvalue weighted by Crippen LogP contribution is 2.00. The molecule has 4 nitrogen and oxygen atoms in total. The van der Waals surface area contributed by atoms with Crippen molar-refractivity contribution < 1.29 is 9.90 Å². The lowest BCUT2D eigenvalue weighted by Crippen LogP contribution is -2.45. The molecule has 0 rings (SSSR count). The number of amides is 1. The predicted octanol–water partition coefficient (Wildman–Crippen LogP) is -0.533. The van der Waals surface area contributed by atoms with Crippen LogP contribution in [0.25, 0.3) is 0 Å². The lowest BCUT2D eigenvalue weighted by molar-refractivity contribution is -0.123. The van der Waals surface area contributed by atoms with Crippen LogP contribution in [0, 0.1) is 5.92 Å². The van der Waals surface area contributed by atoms with Gasteiger partial charge in [0.2, 0.25) is 5.91 Å². The minimum atomic E-state index is -0.488. The first-order valence-electron chi connectivity index (χ1n) is 4.15. The van der Waals surface area contributed by atoms with E-state index >= 15 is 0 Å². The molecule has 0 aliphatic carbocycles. The van der Waals surface area contributed by atoms with Crippen molar-refractivity contribution in [2.24, 2.45) is 11.7 Å². The van der Waals surface area contributed by atoms with Crippen LogP contribution in [0.3, 0.4) is 0 Å². The van der Waals surface area contributed by atoms with Gasteiger partial charge in [-0.3, -0.25) is 4.79 Å². The molecule has 0 aromatic rings. The smallest absolute Gasteiger partial charge is 0.236 e. The van der Waals surface area contributed by atoms with Crippen LogP contribution in [0.5, 0.6) is 0 Å². The topological polar surface area (TPSA) is 75.4 Å². The molecule has 1 amide bonds. The monoisotopic (exact) mass is 174 g/mol. The summed E-state index contributed by atoms with van der Waals surface area (Å²) < 4.78 is 0. The molecule has 0 fully saturated rings. The summed E-state index contributed by atoms with van der Waals surface area (Å²) in [6.07, 6.45) is 0. The zero-order valence-electron chi connectivity index (χ0n) is 7.87. The number of carbonyl (C=O) groups is 1. The van der Waals surface area contributed by atoms with Crippen molar-refractivity contribution in [1.82, 2.24) is 5.32 Å². The number of rotatable bonds is 4. The molecule has 0 aromatic heterocycles. The second-order valence-corrected chi connectivity index (χ2v) is 3.25. The Morgan fingerprint density at radius 2 is 2.00 bits per heavy atom. The summed E-state index contributed by atoms with van der Waals surface area (Å²) in [5.74, 6) is -0.115. The van der Waals surface area contributed by atoms with Crippen LogP contribution in [-0.4, -0.2) is 29.7 Å². The Bertz CT molecular complexity index is 148. The maximum Gasteiger partial charge on any atom is 0.236 e. The van der Waals surface area contributed by atoms with E-state index in [0.29, 0.717) is 0 Å². The van der Waals surface area contributed by atoms with Crippen LogP contribution in [0.15, 0.2) is 0 Å². The summed E-state index contributed by atoms with van der Waals surface area (Å²) in [5.41, 5.74) is 5.35. The number of aliphatic hydroxyl groups is 1. The van der Waals surface area contributed by atoms with E-state index in [4.69, 9.17) is 10.8 Å². The van der Waals surface area contributed by atoms with Gasteiger partial charge in [0.1, 0.15) is 0 Å². The first kappa shape index (κ1) is 11.4. The summed E-state index contributed by atoms with van der Waals surface area (Å²) in [5, 5.41) is 11.5. The Morgan fingerprint density at radius 3 is 2.33 bits per heavy atom. The molecule has 3 atom stereocenters. The van der Waals surface area contributed by atoms with Gasteiger partial charge in [-0.2, -0.15) is 0 Å². The van der Waals surface area contributed by atoms with Gasteiger partial charge in [-0.25, -0.2) is 0 Å². The van der Waals surface area contributed by atoms with Crippen LogP contribution in [0.1, 0.15) is 20.8 Å². The SMILES string of the molecule is CC(N)C(=O)NC(C)C(C)CO. The van der Waals surface area contributed by atoms with Crippen molar-refractivity contribution in [3.63, 3.8) is 0 Å². The summed E-state index contributed by atoms with van der Waals surface area (Å²) in [4.78, 5) is 11.1. The van der Waals surface area contributed by atoms with E-state index in [1.54, 1.807) is 6.92 Å². The first-order chi connectivity index (χ1) is 5.49. The Balaban J connectivity index is 3.83. The van der Waals surface area contributed by atoms with Crippen molar-refractivity contribution in [2.45, 2.75) is 32.9 Å². The summed E-state index contributed by atoms with van der Waals surface area (Å²) >= 11 is 0. The van der Waals surface area contributed by atoms with Crippen LogP contribution in [-0.2, 0) is 4.79 Å². The molecule has 72 valence electrons. The molecule has 0 heterocycles. The maximum absolute atomic E-state index is 11.1. The maximum atomic E-state index is 11.1. The number of carbonyl (C=O) groups excluding carboxylic acids is 1. The van der Waals surface area contributed by atoms with Crippen LogP contribution >= 0.6 is 0 Å². The van der Waals surface area contributed by atoms with Gasteiger partial charge in [0.15, 0.2) is 0 Å².